The highest BCUT2D eigenvalue weighted by molar-refractivity contribution is 8.00. The van der Waals surface area contributed by atoms with Crippen LogP contribution in [0.3, 0.4) is 0 Å². The molecule has 1 aromatic carbocycles. The van der Waals surface area contributed by atoms with Gasteiger partial charge in [0.25, 0.3) is 0 Å². The van der Waals surface area contributed by atoms with Crippen LogP contribution in [0.1, 0.15) is 5.76 Å². The molecule has 4 aromatic rings. The molecule has 0 aliphatic carbocycles. The second kappa shape index (κ2) is 7.33. The lowest BCUT2D eigenvalue weighted by Gasteiger charge is -2.03. The molecule has 0 fully saturated rings. The quantitative estimate of drug-likeness (QED) is 0.401. The summed E-state index contributed by atoms with van der Waals surface area (Å²) in [6, 6.07) is 8.84. The van der Waals surface area contributed by atoms with Crippen LogP contribution in [-0.4, -0.2) is 41.8 Å². The number of anilines is 1. The third-order valence-electron chi connectivity index (χ3n) is 3.49. The van der Waals surface area contributed by atoms with Crippen molar-refractivity contribution < 1.29 is 9.32 Å². The molecule has 3 heterocycles. The molecule has 0 atom stereocenters. The SMILES string of the molecule is Cc1cc(NC(=O)CSc2ncnc3c2nnn3-c2cccc(Cl)c2)no1. The summed E-state index contributed by atoms with van der Waals surface area (Å²) in [5, 5.41) is 15.8. The topological polar surface area (TPSA) is 112 Å². The Morgan fingerprint density at radius 2 is 2.22 bits per heavy atom. The van der Waals surface area contributed by atoms with E-state index in [1.807, 2.05) is 12.1 Å². The number of hydrogen-bond acceptors (Lipinski definition) is 8. The molecule has 9 nitrogen and oxygen atoms in total. The number of hydrogen-bond donors (Lipinski definition) is 1. The van der Waals surface area contributed by atoms with Crippen LogP contribution in [0.4, 0.5) is 5.82 Å². The number of halogens is 1. The third kappa shape index (κ3) is 3.76. The number of benzene rings is 1. The van der Waals surface area contributed by atoms with Gasteiger partial charge in [0.05, 0.1) is 11.4 Å². The molecular weight excluding hydrogens is 390 g/mol. The number of rotatable bonds is 5. The maximum atomic E-state index is 12.1. The Morgan fingerprint density at radius 3 is 3.00 bits per heavy atom. The van der Waals surface area contributed by atoms with E-state index < -0.39 is 0 Å². The number of aromatic nitrogens is 6. The molecule has 0 saturated carbocycles. The lowest BCUT2D eigenvalue weighted by Crippen LogP contribution is -2.14. The van der Waals surface area contributed by atoms with Gasteiger partial charge in [0.1, 0.15) is 17.1 Å². The first-order valence-electron chi connectivity index (χ1n) is 7.78. The molecule has 3 aromatic heterocycles. The molecule has 0 bridgehead atoms. The van der Waals surface area contributed by atoms with Gasteiger partial charge in [0.2, 0.25) is 5.91 Å². The van der Waals surface area contributed by atoms with Crippen molar-refractivity contribution in [3.05, 3.63) is 47.4 Å². The smallest absolute Gasteiger partial charge is 0.236 e. The predicted octanol–water partition coefficient (Wildman–Crippen LogP) is 2.89. The molecule has 0 spiro atoms. The fourth-order valence-corrected chi connectivity index (χ4v) is 3.27. The maximum Gasteiger partial charge on any atom is 0.236 e. The second-order valence-corrected chi connectivity index (χ2v) is 6.89. The minimum absolute atomic E-state index is 0.127. The molecule has 4 rings (SSSR count). The van der Waals surface area contributed by atoms with Crippen LogP contribution in [0, 0.1) is 6.92 Å². The monoisotopic (exact) mass is 401 g/mol. The Bertz CT molecular complexity index is 1130. The summed E-state index contributed by atoms with van der Waals surface area (Å²) in [5.74, 6) is 0.885. The average molecular weight is 402 g/mol. The third-order valence-corrected chi connectivity index (χ3v) is 4.71. The van der Waals surface area contributed by atoms with E-state index in [1.165, 1.54) is 18.1 Å². The summed E-state index contributed by atoms with van der Waals surface area (Å²) >= 11 is 7.27. The molecule has 0 aliphatic heterocycles. The van der Waals surface area contributed by atoms with Gasteiger partial charge in [-0.1, -0.05) is 39.8 Å². The maximum absolute atomic E-state index is 12.1. The first-order chi connectivity index (χ1) is 13.1. The van der Waals surface area contributed by atoms with Crippen molar-refractivity contribution in [2.24, 2.45) is 0 Å². The van der Waals surface area contributed by atoms with E-state index in [1.54, 1.807) is 29.8 Å². The zero-order valence-electron chi connectivity index (χ0n) is 14.0. The normalized spacial score (nSPS) is 11.0. The van der Waals surface area contributed by atoms with E-state index in [2.05, 4.69) is 30.8 Å². The van der Waals surface area contributed by atoms with E-state index in [-0.39, 0.29) is 11.7 Å². The number of carbonyl (C=O) groups is 1. The van der Waals surface area contributed by atoms with Gasteiger partial charge >= 0.3 is 0 Å². The van der Waals surface area contributed by atoms with E-state index in [9.17, 15) is 4.79 Å². The lowest BCUT2D eigenvalue weighted by molar-refractivity contribution is -0.113. The summed E-state index contributed by atoms with van der Waals surface area (Å²) in [4.78, 5) is 20.5. The van der Waals surface area contributed by atoms with Crippen molar-refractivity contribution in [2.45, 2.75) is 11.9 Å². The van der Waals surface area contributed by atoms with Crippen molar-refractivity contribution in [3.8, 4) is 5.69 Å². The van der Waals surface area contributed by atoms with Crippen molar-refractivity contribution in [2.75, 3.05) is 11.1 Å². The molecule has 11 heteroatoms. The van der Waals surface area contributed by atoms with Gasteiger partial charge < -0.3 is 9.84 Å². The van der Waals surface area contributed by atoms with Crippen molar-refractivity contribution in [1.82, 2.24) is 30.1 Å². The zero-order chi connectivity index (χ0) is 18.8. The second-order valence-electron chi connectivity index (χ2n) is 5.49. The van der Waals surface area contributed by atoms with Crippen LogP contribution < -0.4 is 5.32 Å². The molecule has 0 unspecified atom stereocenters. The minimum Gasteiger partial charge on any atom is -0.360 e. The molecule has 1 N–H and O–H groups in total. The molecule has 0 aliphatic rings. The van der Waals surface area contributed by atoms with Crippen LogP contribution in [0.5, 0.6) is 0 Å². The van der Waals surface area contributed by atoms with E-state index in [0.717, 1.165) is 5.69 Å². The van der Waals surface area contributed by atoms with Gasteiger partial charge in [-0.05, 0) is 25.1 Å². The standard InChI is InChI=1S/C16H12ClN7O2S/c1-9-5-12(22-26-9)20-13(25)7-27-16-14-15(18-8-19-16)24(23-21-14)11-4-2-3-10(17)6-11/h2-6,8H,7H2,1H3,(H,20,22,25). The summed E-state index contributed by atoms with van der Waals surface area (Å²) in [7, 11) is 0. The molecular formula is C16H12ClN7O2S. The summed E-state index contributed by atoms with van der Waals surface area (Å²) in [6.07, 6.45) is 1.41. The number of nitrogens with zero attached hydrogens (tertiary/aromatic N) is 6. The van der Waals surface area contributed by atoms with Crippen molar-refractivity contribution >= 4 is 46.3 Å². The summed E-state index contributed by atoms with van der Waals surface area (Å²) < 4.78 is 6.49. The number of amides is 1. The summed E-state index contributed by atoms with van der Waals surface area (Å²) in [5.41, 5.74) is 1.77. The largest absolute Gasteiger partial charge is 0.360 e. The van der Waals surface area contributed by atoms with Gasteiger partial charge in [-0.15, -0.1) is 5.10 Å². The fraction of sp³-hybridized carbons (Fsp3) is 0.125. The molecule has 0 radical (unpaired) electrons. The number of nitrogens with one attached hydrogen (secondary N) is 1. The van der Waals surface area contributed by atoms with Crippen molar-refractivity contribution in [1.29, 1.82) is 0 Å². The Balaban J connectivity index is 1.53. The van der Waals surface area contributed by atoms with Gasteiger partial charge in [-0.2, -0.15) is 4.68 Å². The van der Waals surface area contributed by atoms with Crippen LogP contribution in [0.25, 0.3) is 16.9 Å². The Hall–Kier alpha value is -2.98. The van der Waals surface area contributed by atoms with E-state index in [0.29, 0.717) is 32.8 Å². The Kier molecular flexibility index (Phi) is 4.73. The fourth-order valence-electron chi connectivity index (χ4n) is 2.35. The molecule has 1 amide bonds. The Morgan fingerprint density at radius 1 is 1.33 bits per heavy atom. The number of carbonyl (C=O) groups excluding carboxylic acids is 1. The van der Waals surface area contributed by atoms with Crippen LogP contribution in [0.15, 0.2) is 46.2 Å². The Labute approximate surface area is 162 Å². The first kappa shape index (κ1) is 17.4. The number of aryl methyl sites for hydroxylation is 1. The number of thioether (sulfide) groups is 1. The van der Waals surface area contributed by atoms with Gasteiger partial charge in [-0.3, -0.25) is 4.79 Å². The highest BCUT2D eigenvalue weighted by Gasteiger charge is 2.15. The van der Waals surface area contributed by atoms with Crippen LogP contribution in [-0.2, 0) is 4.79 Å². The van der Waals surface area contributed by atoms with Gasteiger partial charge in [0, 0.05) is 11.1 Å². The van der Waals surface area contributed by atoms with Crippen LogP contribution >= 0.6 is 23.4 Å². The van der Waals surface area contributed by atoms with E-state index in [4.69, 9.17) is 16.1 Å². The van der Waals surface area contributed by atoms with Crippen LogP contribution in [0.2, 0.25) is 5.02 Å². The molecule has 136 valence electrons. The minimum atomic E-state index is -0.234. The van der Waals surface area contributed by atoms with Gasteiger partial charge in [-0.25, -0.2) is 9.97 Å². The predicted molar refractivity (Wildman–Crippen MR) is 100 cm³/mol. The molecule has 27 heavy (non-hydrogen) atoms. The van der Waals surface area contributed by atoms with E-state index >= 15 is 0 Å². The molecule has 0 saturated heterocycles. The average Bonchev–Trinajstić information content (AvgIpc) is 3.26. The number of fused-ring (bicyclic) bond motifs is 1. The first-order valence-corrected chi connectivity index (χ1v) is 9.15. The van der Waals surface area contributed by atoms with Crippen molar-refractivity contribution in [3.63, 3.8) is 0 Å². The van der Waals surface area contributed by atoms with Gasteiger partial charge in [0.15, 0.2) is 17.0 Å². The zero-order valence-corrected chi connectivity index (χ0v) is 15.5. The highest BCUT2D eigenvalue weighted by atomic mass is 35.5. The highest BCUT2D eigenvalue weighted by Crippen LogP contribution is 2.25. The summed E-state index contributed by atoms with van der Waals surface area (Å²) in [6.45, 7) is 1.75. The lowest BCUT2D eigenvalue weighted by atomic mass is 10.3.